The summed E-state index contributed by atoms with van der Waals surface area (Å²) in [6, 6.07) is 11.2. The lowest BCUT2D eigenvalue weighted by atomic mass is 10.1. The molecule has 0 amide bonds. The van der Waals surface area contributed by atoms with Gasteiger partial charge in [0.05, 0.1) is 0 Å². The largest absolute Gasteiger partial charge is 0.457 e. The Morgan fingerprint density at radius 2 is 1.63 bits per heavy atom. The molecule has 0 heterocycles. The maximum atomic E-state index is 6.00. The molecule has 0 fully saturated rings. The van der Waals surface area contributed by atoms with E-state index in [2.05, 4.69) is 0 Å². The molecule has 0 atom stereocenters. The number of benzene rings is 2. The Morgan fingerprint density at radius 1 is 1.11 bits per heavy atom. The van der Waals surface area contributed by atoms with Crippen molar-refractivity contribution in [3.63, 3.8) is 0 Å². The minimum atomic E-state index is 0.380. The molecule has 0 saturated heterocycles. The molecule has 0 radical (unpaired) electrons. The minimum Gasteiger partial charge on any atom is -0.457 e. The molecule has 2 aromatic rings. The third-order valence-corrected chi connectivity index (χ3v) is 3.24. The van der Waals surface area contributed by atoms with E-state index in [-0.39, 0.29) is 0 Å². The molecule has 19 heavy (non-hydrogen) atoms. The fraction of sp³-hybridized carbons (Fsp3) is 0.133. The second-order valence-corrected chi connectivity index (χ2v) is 5.24. The first-order valence-corrected chi connectivity index (χ1v) is 6.60. The van der Waals surface area contributed by atoms with Gasteiger partial charge < -0.3 is 10.5 Å². The first-order chi connectivity index (χ1) is 8.97. The Kier molecular flexibility index (Phi) is 4.08. The van der Waals surface area contributed by atoms with Gasteiger partial charge in [0, 0.05) is 10.6 Å². The lowest BCUT2D eigenvalue weighted by Crippen LogP contribution is -2.08. The van der Waals surface area contributed by atoms with Crippen LogP contribution in [0.4, 0.5) is 0 Å². The summed E-state index contributed by atoms with van der Waals surface area (Å²) in [6.45, 7) is 3.94. The highest BCUT2D eigenvalue weighted by atomic mass is 35.5. The minimum absolute atomic E-state index is 0.380. The molecular formula is C15H14ClNOS. The quantitative estimate of drug-likeness (QED) is 0.852. The number of hydrogen-bond acceptors (Lipinski definition) is 2. The van der Waals surface area contributed by atoms with Gasteiger partial charge in [-0.3, -0.25) is 0 Å². The zero-order valence-corrected chi connectivity index (χ0v) is 12.3. The van der Waals surface area contributed by atoms with Crippen LogP contribution in [0.15, 0.2) is 36.4 Å². The molecule has 4 heteroatoms. The van der Waals surface area contributed by atoms with E-state index < -0.39 is 0 Å². The Bertz CT molecular complexity index is 600. The number of aryl methyl sites for hydroxylation is 2. The lowest BCUT2D eigenvalue weighted by molar-refractivity contribution is 0.475. The normalized spacial score (nSPS) is 10.3. The summed E-state index contributed by atoms with van der Waals surface area (Å²) >= 11 is 10.9. The Balaban J connectivity index is 2.29. The van der Waals surface area contributed by atoms with Gasteiger partial charge in [0.15, 0.2) is 0 Å². The average Bonchev–Trinajstić information content (AvgIpc) is 2.34. The molecule has 0 aromatic heterocycles. The second-order valence-electron chi connectivity index (χ2n) is 4.36. The summed E-state index contributed by atoms with van der Waals surface area (Å²) in [6.07, 6.45) is 0. The standard InChI is InChI=1S/C15H14ClNOS/c1-9-7-12(16)8-10(2)14(9)18-13-5-3-11(4-6-13)15(17)19/h3-8H,1-2H3,(H2,17,19). The van der Waals surface area contributed by atoms with Crippen LogP contribution in [-0.4, -0.2) is 4.99 Å². The van der Waals surface area contributed by atoms with Gasteiger partial charge in [0.2, 0.25) is 0 Å². The summed E-state index contributed by atoms with van der Waals surface area (Å²) in [5.74, 6) is 1.57. The summed E-state index contributed by atoms with van der Waals surface area (Å²) in [7, 11) is 0. The summed E-state index contributed by atoms with van der Waals surface area (Å²) in [5.41, 5.74) is 8.39. The summed E-state index contributed by atoms with van der Waals surface area (Å²) in [4.78, 5) is 0.380. The Morgan fingerprint density at radius 3 is 2.11 bits per heavy atom. The van der Waals surface area contributed by atoms with Crippen LogP contribution in [0, 0.1) is 13.8 Å². The fourth-order valence-electron chi connectivity index (χ4n) is 1.86. The van der Waals surface area contributed by atoms with Gasteiger partial charge in [-0.2, -0.15) is 0 Å². The van der Waals surface area contributed by atoms with Crippen molar-refractivity contribution in [1.29, 1.82) is 0 Å². The highest BCUT2D eigenvalue weighted by molar-refractivity contribution is 7.80. The van der Waals surface area contributed by atoms with Gasteiger partial charge in [0.25, 0.3) is 0 Å². The molecule has 98 valence electrons. The first-order valence-electron chi connectivity index (χ1n) is 5.82. The zero-order chi connectivity index (χ0) is 14.0. The van der Waals surface area contributed by atoms with E-state index in [4.69, 9.17) is 34.3 Å². The molecule has 2 aromatic carbocycles. The number of ether oxygens (including phenoxy) is 1. The van der Waals surface area contributed by atoms with Gasteiger partial charge in [-0.15, -0.1) is 0 Å². The third kappa shape index (κ3) is 3.25. The van der Waals surface area contributed by atoms with E-state index in [0.717, 1.165) is 28.2 Å². The topological polar surface area (TPSA) is 35.2 Å². The predicted octanol–water partition coefficient (Wildman–Crippen LogP) is 4.38. The molecule has 0 aliphatic rings. The van der Waals surface area contributed by atoms with E-state index in [1.165, 1.54) is 0 Å². The average molecular weight is 292 g/mol. The number of nitrogens with two attached hydrogens (primary N) is 1. The maximum Gasteiger partial charge on any atom is 0.133 e. The van der Waals surface area contributed by atoms with Gasteiger partial charge in [-0.25, -0.2) is 0 Å². The molecule has 2 N–H and O–H groups in total. The molecule has 0 aliphatic heterocycles. The van der Waals surface area contributed by atoms with Crippen LogP contribution < -0.4 is 10.5 Å². The molecule has 0 aliphatic carbocycles. The maximum absolute atomic E-state index is 6.00. The molecule has 0 saturated carbocycles. The van der Waals surface area contributed by atoms with Gasteiger partial charge in [-0.1, -0.05) is 23.8 Å². The lowest BCUT2D eigenvalue weighted by Gasteiger charge is -2.12. The van der Waals surface area contributed by atoms with Crippen molar-refractivity contribution >= 4 is 28.8 Å². The van der Waals surface area contributed by atoms with Crippen molar-refractivity contribution < 1.29 is 4.74 Å². The SMILES string of the molecule is Cc1cc(Cl)cc(C)c1Oc1ccc(C(N)=S)cc1. The number of thiocarbonyl (C=S) groups is 1. The van der Waals surface area contributed by atoms with Crippen molar-refractivity contribution in [2.75, 3.05) is 0 Å². The predicted molar refractivity (Wildman–Crippen MR) is 83.3 cm³/mol. The van der Waals surface area contributed by atoms with Crippen molar-refractivity contribution in [2.24, 2.45) is 5.73 Å². The van der Waals surface area contributed by atoms with Gasteiger partial charge in [0.1, 0.15) is 16.5 Å². The van der Waals surface area contributed by atoms with Crippen LogP contribution in [-0.2, 0) is 0 Å². The zero-order valence-electron chi connectivity index (χ0n) is 10.7. The molecule has 0 spiro atoms. The Labute approximate surface area is 123 Å². The second kappa shape index (κ2) is 5.59. The van der Waals surface area contributed by atoms with Crippen LogP contribution in [0.2, 0.25) is 5.02 Å². The number of hydrogen-bond donors (Lipinski definition) is 1. The van der Waals surface area contributed by atoms with Crippen LogP contribution in [0.5, 0.6) is 11.5 Å². The van der Waals surface area contributed by atoms with Crippen LogP contribution in [0.25, 0.3) is 0 Å². The van der Waals surface area contributed by atoms with E-state index in [1.807, 2.05) is 50.2 Å². The number of rotatable bonds is 3. The number of halogens is 1. The third-order valence-electron chi connectivity index (χ3n) is 2.78. The van der Waals surface area contributed by atoms with Crippen molar-refractivity contribution in [1.82, 2.24) is 0 Å². The molecule has 0 bridgehead atoms. The molecular weight excluding hydrogens is 278 g/mol. The first kappa shape index (κ1) is 13.8. The van der Waals surface area contributed by atoms with Gasteiger partial charge >= 0.3 is 0 Å². The van der Waals surface area contributed by atoms with Crippen molar-refractivity contribution in [2.45, 2.75) is 13.8 Å². The summed E-state index contributed by atoms with van der Waals surface area (Å²) < 4.78 is 5.89. The van der Waals surface area contributed by atoms with E-state index >= 15 is 0 Å². The fourth-order valence-corrected chi connectivity index (χ4v) is 2.33. The monoisotopic (exact) mass is 291 g/mol. The summed E-state index contributed by atoms with van der Waals surface area (Å²) in [5, 5.41) is 0.714. The smallest absolute Gasteiger partial charge is 0.133 e. The Hall–Kier alpha value is -1.58. The van der Waals surface area contributed by atoms with E-state index in [9.17, 15) is 0 Å². The highest BCUT2D eigenvalue weighted by Gasteiger charge is 2.07. The molecule has 0 unspecified atom stereocenters. The van der Waals surface area contributed by atoms with Crippen LogP contribution >= 0.6 is 23.8 Å². The van der Waals surface area contributed by atoms with Crippen molar-refractivity contribution in [3.8, 4) is 11.5 Å². The van der Waals surface area contributed by atoms with Crippen LogP contribution in [0.1, 0.15) is 16.7 Å². The molecule has 2 rings (SSSR count). The van der Waals surface area contributed by atoms with Gasteiger partial charge in [-0.05, 0) is 61.4 Å². The van der Waals surface area contributed by atoms with Crippen molar-refractivity contribution in [3.05, 3.63) is 58.1 Å². The van der Waals surface area contributed by atoms with E-state index in [0.29, 0.717) is 10.0 Å². The van der Waals surface area contributed by atoms with E-state index in [1.54, 1.807) is 0 Å². The van der Waals surface area contributed by atoms with Crippen LogP contribution in [0.3, 0.4) is 0 Å². The molecule has 2 nitrogen and oxygen atoms in total. The highest BCUT2D eigenvalue weighted by Crippen LogP contribution is 2.31.